The van der Waals surface area contributed by atoms with Crippen molar-refractivity contribution < 1.29 is 9.47 Å². The molecule has 0 fully saturated rings. The van der Waals surface area contributed by atoms with Gasteiger partial charge in [-0.3, -0.25) is 4.98 Å². The molecule has 0 spiro atoms. The number of rotatable bonds is 3. The van der Waals surface area contributed by atoms with E-state index in [0.29, 0.717) is 0 Å². The Bertz CT molecular complexity index is 652. The molecule has 0 amide bonds. The number of ether oxygens (including phenoxy) is 2. The van der Waals surface area contributed by atoms with Gasteiger partial charge in [-0.2, -0.15) is 0 Å². The highest BCUT2D eigenvalue weighted by Gasteiger charge is 2.11. The topological polar surface area (TPSA) is 31.4 Å². The van der Waals surface area contributed by atoms with Crippen molar-refractivity contribution in [3.05, 3.63) is 36.0 Å². The molecule has 1 aromatic carbocycles. The Morgan fingerprint density at radius 2 is 1.80 bits per heavy atom. The van der Waals surface area contributed by atoms with Crippen LogP contribution in [0.4, 0.5) is 0 Å². The van der Waals surface area contributed by atoms with Crippen LogP contribution in [-0.4, -0.2) is 19.2 Å². The quantitative estimate of drug-likeness (QED) is 0.847. The monoisotopic (exact) mass is 291 g/mol. The zero-order chi connectivity index (χ0) is 13.2. The molecule has 0 saturated heterocycles. The molecule has 106 valence electrons. The summed E-state index contributed by atoms with van der Waals surface area (Å²) in [5, 5.41) is 1.09. The third-order valence-electron chi connectivity index (χ3n) is 3.60. The first-order chi connectivity index (χ1) is 9.31. The number of hydrogen-bond donors (Lipinski definition) is 0. The fourth-order valence-corrected chi connectivity index (χ4v) is 2.56. The lowest BCUT2D eigenvalue weighted by molar-refractivity contribution is 0.356. The minimum Gasteiger partial charge on any atom is -0.493 e. The van der Waals surface area contributed by atoms with Gasteiger partial charge in [0.25, 0.3) is 0 Å². The lowest BCUT2D eigenvalue weighted by Gasteiger charge is -2.10. The molecular formula is C16H18ClNO2. The van der Waals surface area contributed by atoms with Crippen LogP contribution in [0.5, 0.6) is 11.5 Å². The molecule has 0 bridgehead atoms. The molecule has 3 rings (SSSR count). The van der Waals surface area contributed by atoms with Gasteiger partial charge in [-0.15, -0.1) is 12.4 Å². The molecule has 0 aliphatic heterocycles. The molecule has 3 nitrogen and oxygen atoms in total. The van der Waals surface area contributed by atoms with E-state index in [2.05, 4.69) is 17.1 Å². The number of aromatic nitrogens is 1. The molecule has 1 aliphatic rings. The molecule has 0 N–H and O–H groups in total. The Balaban J connectivity index is 0.00000147. The molecule has 0 atom stereocenters. The van der Waals surface area contributed by atoms with Crippen LogP contribution in [0.25, 0.3) is 16.5 Å². The van der Waals surface area contributed by atoms with E-state index in [9.17, 15) is 0 Å². The number of hydrogen-bond acceptors (Lipinski definition) is 3. The normalized spacial score (nSPS) is 13.8. The van der Waals surface area contributed by atoms with Gasteiger partial charge in [0, 0.05) is 17.6 Å². The number of allylic oxidation sites excluding steroid dienone is 2. The van der Waals surface area contributed by atoms with Gasteiger partial charge in [0.05, 0.1) is 19.7 Å². The van der Waals surface area contributed by atoms with Crippen molar-refractivity contribution in [1.82, 2.24) is 4.98 Å². The Hall–Kier alpha value is -1.74. The van der Waals surface area contributed by atoms with Crippen molar-refractivity contribution in [3.63, 3.8) is 0 Å². The highest BCUT2D eigenvalue weighted by molar-refractivity contribution is 5.86. The fraction of sp³-hybridized carbons (Fsp3) is 0.312. The van der Waals surface area contributed by atoms with E-state index in [1.807, 2.05) is 18.3 Å². The second-order valence-corrected chi connectivity index (χ2v) is 4.75. The van der Waals surface area contributed by atoms with Crippen LogP contribution in [0, 0.1) is 0 Å². The minimum atomic E-state index is 0. The number of methoxy groups -OCH3 is 2. The molecule has 1 aromatic heterocycles. The van der Waals surface area contributed by atoms with E-state index < -0.39 is 0 Å². The molecule has 0 unspecified atom stereocenters. The predicted octanol–water partition coefficient (Wildman–Crippen LogP) is 4.24. The summed E-state index contributed by atoms with van der Waals surface area (Å²) in [6.45, 7) is 0. The average Bonchev–Trinajstić information content (AvgIpc) is 2.99. The summed E-state index contributed by atoms with van der Waals surface area (Å²) < 4.78 is 10.6. The van der Waals surface area contributed by atoms with Crippen LogP contribution in [0.2, 0.25) is 0 Å². The maximum absolute atomic E-state index is 5.34. The predicted molar refractivity (Wildman–Crippen MR) is 83.9 cm³/mol. The molecule has 0 radical (unpaired) electrons. The number of halogens is 1. The number of nitrogens with zero attached hydrogens (tertiary/aromatic N) is 1. The van der Waals surface area contributed by atoms with Gasteiger partial charge in [-0.25, -0.2) is 0 Å². The third kappa shape index (κ3) is 2.59. The van der Waals surface area contributed by atoms with Crippen molar-refractivity contribution in [2.24, 2.45) is 0 Å². The Morgan fingerprint density at radius 3 is 2.45 bits per heavy atom. The molecule has 2 aromatic rings. The molecule has 20 heavy (non-hydrogen) atoms. The van der Waals surface area contributed by atoms with Crippen LogP contribution in [0.3, 0.4) is 0 Å². The smallest absolute Gasteiger partial charge is 0.162 e. The van der Waals surface area contributed by atoms with Gasteiger partial charge in [0.2, 0.25) is 0 Å². The fourth-order valence-electron chi connectivity index (χ4n) is 2.56. The first-order valence-corrected chi connectivity index (χ1v) is 6.53. The molecular weight excluding hydrogens is 274 g/mol. The SMILES string of the molecule is COc1cc2cc(C3=CCCC3)cnc2cc1OC.Cl. The second-order valence-electron chi connectivity index (χ2n) is 4.75. The van der Waals surface area contributed by atoms with Gasteiger partial charge < -0.3 is 9.47 Å². The molecule has 1 aliphatic carbocycles. The van der Waals surface area contributed by atoms with E-state index in [1.165, 1.54) is 24.0 Å². The highest BCUT2D eigenvalue weighted by Crippen LogP contribution is 2.34. The first-order valence-electron chi connectivity index (χ1n) is 6.53. The number of fused-ring (bicyclic) bond motifs is 1. The van der Waals surface area contributed by atoms with Crippen LogP contribution < -0.4 is 9.47 Å². The van der Waals surface area contributed by atoms with Gasteiger partial charge in [0.1, 0.15) is 0 Å². The summed E-state index contributed by atoms with van der Waals surface area (Å²) in [4.78, 5) is 4.53. The Labute approximate surface area is 125 Å². The summed E-state index contributed by atoms with van der Waals surface area (Å²) in [6, 6.07) is 6.09. The largest absolute Gasteiger partial charge is 0.493 e. The summed E-state index contributed by atoms with van der Waals surface area (Å²) in [7, 11) is 3.29. The van der Waals surface area contributed by atoms with E-state index in [-0.39, 0.29) is 12.4 Å². The number of benzene rings is 1. The minimum absolute atomic E-state index is 0. The van der Waals surface area contributed by atoms with Crippen LogP contribution in [-0.2, 0) is 0 Å². The molecule has 0 saturated carbocycles. The van der Waals surface area contributed by atoms with Crippen molar-refractivity contribution in [2.75, 3.05) is 14.2 Å². The van der Waals surface area contributed by atoms with Crippen molar-refractivity contribution >= 4 is 28.9 Å². The van der Waals surface area contributed by atoms with Crippen molar-refractivity contribution in [3.8, 4) is 11.5 Å². The summed E-state index contributed by atoms with van der Waals surface area (Å²) in [6.07, 6.45) is 7.84. The molecule has 1 heterocycles. The Morgan fingerprint density at radius 1 is 1.05 bits per heavy atom. The standard InChI is InChI=1S/C16H17NO2.ClH/c1-18-15-8-12-7-13(11-5-3-4-6-11)10-17-14(12)9-16(15)19-2;/h5,7-10H,3-4,6H2,1-2H3;1H. The van der Waals surface area contributed by atoms with Crippen LogP contribution >= 0.6 is 12.4 Å². The average molecular weight is 292 g/mol. The maximum Gasteiger partial charge on any atom is 0.162 e. The first kappa shape index (κ1) is 14.7. The second kappa shape index (κ2) is 6.14. The lowest BCUT2D eigenvalue weighted by Crippen LogP contribution is -1.92. The zero-order valence-electron chi connectivity index (χ0n) is 11.7. The van der Waals surface area contributed by atoms with E-state index >= 15 is 0 Å². The van der Waals surface area contributed by atoms with Gasteiger partial charge in [0.15, 0.2) is 11.5 Å². The Kier molecular flexibility index (Phi) is 4.50. The zero-order valence-corrected chi connectivity index (χ0v) is 12.5. The number of pyridine rings is 1. The van der Waals surface area contributed by atoms with Crippen molar-refractivity contribution in [2.45, 2.75) is 19.3 Å². The lowest BCUT2D eigenvalue weighted by atomic mass is 10.0. The van der Waals surface area contributed by atoms with Crippen molar-refractivity contribution in [1.29, 1.82) is 0 Å². The van der Waals surface area contributed by atoms with E-state index in [0.717, 1.165) is 28.8 Å². The highest BCUT2D eigenvalue weighted by atomic mass is 35.5. The maximum atomic E-state index is 5.34. The van der Waals surface area contributed by atoms with Crippen LogP contribution in [0.15, 0.2) is 30.5 Å². The van der Waals surface area contributed by atoms with Gasteiger partial charge >= 0.3 is 0 Å². The summed E-state index contributed by atoms with van der Waals surface area (Å²) in [5.74, 6) is 1.46. The summed E-state index contributed by atoms with van der Waals surface area (Å²) >= 11 is 0. The van der Waals surface area contributed by atoms with E-state index in [1.54, 1.807) is 14.2 Å². The van der Waals surface area contributed by atoms with E-state index in [4.69, 9.17) is 9.47 Å². The molecule has 4 heteroatoms. The third-order valence-corrected chi connectivity index (χ3v) is 3.60. The van der Waals surface area contributed by atoms with Gasteiger partial charge in [-0.1, -0.05) is 6.08 Å². The summed E-state index contributed by atoms with van der Waals surface area (Å²) in [5.41, 5.74) is 3.56. The van der Waals surface area contributed by atoms with Gasteiger partial charge in [-0.05, 0) is 42.5 Å². The van der Waals surface area contributed by atoms with Crippen LogP contribution in [0.1, 0.15) is 24.8 Å².